The molecule has 0 aliphatic heterocycles. The summed E-state index contributed by atoms with van der Waals surface area (Å²) in [6, 6.07) is 1.79. The Kier molecular flexibility index (Phi) is 4.49. The number of halogens is 3. The van der Waals surface area contributed by atoms with Crippen molar-refractivity contribution in [2.45, 2.75) is 25.4 Å². The lowest BCUT2D eigenvalue weighted by Crippen LogP contribution is -2.15. The molecule has 0 aromatic carbocycles. The number of aryl methyl sites for hydroxylation is 1. The summed E-state index contributed by atoms with van der Waals surface area (Å²) in [4.78, 5) is 4.12. The molecular formula is C13H16F3N3O. The average Bonchev–Trinajstić information content (AvgIpc) is 2.83. The zero-order chi connectivity index (χ0) is 14.6. The number of rotatable bonds is 6. The standard InChI is InChI=1S/C13H16F3N3O/c14-13(15,16)3-4-17-11-8-10(2-1-7-20)9-19-6-5-18-12(11)19/h5-6,8-9,17,20H,1-4,7H2. The smallest absolute Gasteiger partial charge is 0.390 e. The van der Waals surface area contributed by atoms with Crippen LogP contribution in [0.1, 0.15) is 18.4 Å². The molecule has 0 saturated carbocycles. The van der Waals surface area contributed by atoms with E-state index in [-0.39, 0.29) is 13.2 Å². The number of fused-ring (bicyclic) bond motifs is 1. The van der Waals surface area contributed by atoms with Gasteiger partial charge in [0.25, 0.3) is 0 Å². The second-order valence-corrected chi connectivity index (χ2v) is 4.54. The number of imidazole rings is 1. The van der Waals surface area contributed by atoms with Crippen LogP contribution in [0, 0.1) is 0 Å². The van der Waals surface area contributed by atoms with Gasteiger partial charge >= 0.3 is 6.18 Å². The van der Waals surface area contributed by atoms with E-state index >= 15 is 0 Å². The SMILES string of the molecule is OCCCc1cc(NCCC(F)(F)F)c2nccn2c1. The molecule has 2 aromatic heterocycles. The van der Waals surface area contributed by atoms with Crippen molar-refractivity contribution in [2.75, 3.05) is 18.5 Å². The first-order valence-electron chi connectivity index (χ1n) is 6.37. The van der Waals surface area contributed by atoms with Crippen LogP contribution in [0.25, 0.3) is 5.65 Å². The summed E-state index contributed by atoms with van der Waals surface area (Å²) in [5, 5.41) is 11.6. The molecule has 0 unspecified atom stereocenters. The van der Waals surface area contributed by atoms with Gasteiger partial charge in [-0.3, -0.25) is 0 Å². The molecule has 0 amide bonds. The van der Waals surface area contributed by atoms with Gasteiger partial charge in [-0.25, -0.2) is 4.98 Å². The van der Waals surface area contributed by atoms with Gasteiger partial charge in [-0.1, -0.05) is 0 Å². The van der Waals surface area contributed by atoms with Gasteiger partial charge in [0.1, 0.15) is 0 Å². The molecule has 2 heterocycles. The third-order valence-corrected chi connectivity index (χ3v) is 2.89. The van der Waals surface area contributed by atoms with Gasteiger partial charge in [0.2, 0.25) is 0 Å². The number of anilines is 1. The third kappa shape index (κ3) is 3.86. The minimum atomic E-state index is -4.17. The van der Waals surface area contributed by atoms with Crippen LogP contribution >= 0.6 is 0 Å². The number of alkyl halides is 3. The van der Waals surface area contributed by atoms with Crippen molar-refractivity contribution >= 4 is 11.3 Å². The Hall–Kier alpha value is -1.76. The lowest BCUT2D eigenvalue weighted by Gasteiger charge is -2.11. The zero-order valence-electron chi connectivity index (χ0n) is 10.8. The lowest BCUT2D eigenvalue weighted by atomic mass is 10.1. The zero-order valence-corrected chi connectivity index (χ0v) is 10.8. The van der Waals surface area contributed by atoms with E-state index in [4.69, 9.17) is 5.11 Å². The van der Waals surface area contributed by atoms with Crippen molar-refractivity contribution in [3.63, 3.8) is 0 Å². The molecule has 0 aliphatic rings. The highest BCUT2D eigenvalue weighted by Crippen LogP contribution is 2.22. The second-order valence-electron chi connectivity index (χ2n) is 4.54. The van der Waals surface area contributed by atoms with Crippen LogP contribution in [-0.2, 0) is 6.42 Å². The van der Waals surface area contributed by atoms with Crippen LogP contribution in [0.15, 0.2) is 24.7 Å². The summed E-state index contributed by atoms with van der Waals surface area (Å²) < 4.78 is 38.3. The molecule has 2 rings (SSSR count). The molecule has 20 heavy (non-hydrogen) atoms. The van der Waals surface area contributed by atoms with Crippen molar-refractivity contribution < 1.29 is 18.3 Å². The number of aliphatic hydroxyl groups is 1. The van der Waals surface area contributed by atoms with Crippen molar-refractivity contribution in [3.8, 4) is 0 Å². The Balaban J connectivity index is 2.15. The van der Waals surface area contributed by atoms with E-state index in [2.05, 4.69) is 10.3 Å². The number of hydrogen-bond acceptors (Lipinski definition) is 3. The quantitative estimate of drug-likeness (QED) is 0.858. The number of nitrogens with zero attached hydrogens (tertiary/aromatic N) is 2. The number of pyridine rings is 1. The van der Waals surface area contributed by atoms with E-state index in [1.54, 1.807) is 22.9 Å². The molecule has 0 bridgehead atoms. The fourth-order valence-electron chi connectivity index (χ4n) is 1.98. The molecule has 7 heteroatoms. The molecule has 2 aromatic rings. The maximum Gasteiger partial charge on any atom is 0.390 e. The Morgan fingerprint density at radius 3 is 2.85 bits per heavy atom. The normalized spacial score (nSPS) is 12.0. The highest BCUT2D eigenvalue weighted by atomic mass is 19.4. The first kappa shape index (κ1) is 14.6. The van der Waals surface area contributed by atoms with Crippen LogP contribution in [0.3, 0.4) is 0 Å². The van der Waals surface area contributed by atoms with E-state index in [1.807, 2.05) is 6.20 Å². The summed E-state index contributed by atoms with van der Waals surface area (Å²) in [7, 11) is 0. The summed E-state index contributed by atoms with van der Waals surface area (Å²) in [5.41, 5.74) is 2.12. The van der Waals surface area contributed by atoms with Crippen LogP contribution < -0.4 is 5.32 Å². The third-order valence-electron chi connectivity index (χ3n) is 2.89. The summed E-state index contributed by atoms with van der Waals surface area (Å²) in [6.45, 7) is -0.103. The first-order chi connectivity index (χ1) is 9.49. The van der Waals surface area contributed by atoms with Crippen molar-refractivity contribution in [3.05, 3.63) is 30.2 Å². The van der Waals surface area contributed by atoms with Crippen molar-refractivity contribution in [2.24, 2.45) is 0 Å². The maximum absolute atomic E-state index is 12.2. The van der Waals surface area contributed by atoms with Gasteiger partial charge in [0, 0.05) is 31.7 Å². The fourth-order valence-corrected chi connectivity index (χ4v) is 1.98. The molecule has 0 fully saturated rings. The van der Waals surface area contributed by atoms with Gasteiger partial charge in [0.05, 0.1) is 12.1 Å². The molecular weight excluding hydrogens is 271 g/mol. The minimum absolute atomic E-state index is 0.0821. The van der Waals surface area contributed by atoms with E-state index in [0.717, 1.165) is 5.56 Å². The number of aromatic nitrogens is 2. The summed E-state index contributed by atoms with van der Waals surface area (Å²) >= 11 is 0. The van der Waals surface area contributed by atoms with Crippen molar-refractivity contribution in [1.29, 1.82) is 0 Å². The molecule has 4 nitrogen and oxygen atoms in total. The highest BCUT2D eigenvalue weighted by molar-refractivity contribution is 5.68. The fraction of sp³-hybridized carbons (Fsp3) is 0.462. The van der Waals surface area contributed by atoms with E-state index in [0.29, 0.717) is 24.2 Å². The lowest BCUT2D eigenvalue weighted by molar-refractivity contribution is -0.131. The van der Waals surface area contributed by atoms with Crippen LogP contribution in [-0.4, -0.2) is 33.8 Å². The Bertz CT molecular complexity index is 565. The monoisotopic (exact) mass is 287 g/mol. The van der Waals surface area contributed by atoms with Gasteiger partial charge in [0.15, 0.2) is 5.65 Å². The van der Waals surface area contributed by atoms with Gasteiger partial charge < -0.3 is 14.8 Å². The van der Waals surface area contributed by atoms with Crippen LogP contribution in [0.2, 0.25) is 0 Å². The highest BCUT2D eigenvalue weighted by Gasteiger charge is 2.26. The Morgan fingerprint density at radius 2 is 2.15 bits per heavy atom. The minimum Gasteiger partial charge on any atom is -0.396 e. The molecule has 110 valence electrons. The molecule has 0 saturated heterocycles. The predicted octanol–water partition coefficient (Wildman–Crippen LogP) is 2.62. The maximum atomic E-state index is 12.2. The van der Waals surface area contributed by atoms with Gasteiger partial charge in [-0.15, -0.1) is 0 Å². The van der Waals surface area contributed by atoms with Gasteiger partial charge in [-0.2, -0.15) is 13.2 Å². The summed E-state index contributed by atoms with van der Waals surface area (Å²) in [6.07, 6.45) is 1.43. The van der Waals surface area contributed by atoms with E-state index in [9.17, 15) is 13.2 Å². The molecule has 0 radical (unpaired) electrons. The first-order valence-corrected chi connectivity index (χ1v) is 6.37. The molecule has 0 aliphatic carbocycles. The van der Waals surface area contributed by atoms with Gasteiger partial charge in [-0.05, 0) is 24.5 Å². The Morgan fingerprint density at radius 1 is 1.35 bits per heavy atom. The summed E-state index contributed by atoms with van der Waals surface area (Å²) in [5.74, 6) is 0. The van der Waals surface area contributed by atoms with E-state index in [1.165, 1.54) is 0 Å². The average molecular weight is 287 g/mol. The van der Waals surface area contributed by atoms with Crippen molar-refractivity contribution in [1.82, 2.24) is 9.38 Å². The van der Waals surface area contributed by atoms with E-state index < -0.39 is 12.6 Å². The topological polar surface area (TPSA) is 49.6 Å². The number of nitrogens with one attached hydrogen (secondary N) is 1. The molecule has 2 N–H and O–H groups in total. The number of hydrogen-bond donors (Lipinski definition) is 2. The Labute approximate surface area is 114 Å². The van der Waals surface area contributed by atoms with Crippen LogP contribution in [0.5, 0.6) is 0 Å². The number of aliphatic hydroxyl groups excluding tert-OH is 1. The predicted molar refractivity (Wildman–Crippen MR) is 69.8 cm³/mol. The molecule has 0 atom stereocenters. The largest absolute Gasteiger partial charge is 0.396 e. The van der Waals surface area contributed by atoms with Crippen LogP contribution in [0.4, 0.5) is 18.9 Å². The molecule has 0 spiro atoms. The second kappa shape index (κ2) is 6.13.